The van der Waals surface area contributed by atoms with Crippen LogP contribution in [0.15, 0.2) is 39.8 Å². The van der Waals surface area contributed by atoms with E-state index in [0.717, 1.165) is 11.3 Å². The van der Waals surface area contributed by atoms with Crippen molar-refractivity contribution in [1.82, 2.24) is 14.5 Å². The molecule has 4 aromatic rings. The molecule has 0 aliphatic rings. The summed E-state index contributed by atoms with van der Waals surface area (Å²) in [7, 11) is 1.53. The summed E-state index contributed by atoms with van der Waals surface area (Å²) in [6.07, 6.45) is 1.31. The predicted octanol–water partition coefficient (Wildman–Crippen LogP) is 3.76. The molecular formula is C23H21FN4O5S. The van der Waals surface area contributed by atoms with Crippen LogP contribution in [0, 0.1) is 19.7 Å². The highest BCUT2D eigenvalue weighted by Gasteiger charge is 2.30. The average molecular weight is 485 g/mol. The second kappa shape index (κ2) is 9.18. The smallest absolute Gasteiger partial charge is 0.350 e. The number of nitrogens with zero attached hydrogens (tertiary/aromatic N) is 4. The topological polar surface area (TPSA) is 108 Å². The van der Waals surface area contributed by atoms with Crippen LogP contribution in [-0.2, 0) is 18.3 Å². The Morgan fingerprint density at radius 2 is 1.94 bits per heavy atom. The second-order valence-corrected chi connectivity index (χ2v) is 8.50. The maximum Gasteiger partial charge on any atom is 0.350 e. The Hall–Kier alpha value is -3.86. The average Bonchev–Trinajstić information content (AvgIpc) is 3.35. The van der Waals surface area contributed by atoms with Gasteiger partial charge < -0.3 is 13.7 Å². The van der Waals surface area contributed by atoms with Crippen LogP contribution in [0.1, 0.15) is 44.0 Å². The van der Waals surface area contributed by atoms with Gasteiger partial charge in [0.2, 0.25) is 5.71 Å². The van der Waals surface area contributed by atoms with E-state index in [0.29, 0.717) is 11.3 Å². The molecule has 34 heavy (non-hydrogen) atoms. The van der Waals surface area contributed by atoms with Gasteiger partial charge in [0.25, 0.3) is 11.5 Å². The number of esters is 1. The van der Waals surface area contributed by atoms with Crippen molar-refractivity contribution in [3.8, 4) is 0 Å². The molecule has 0 atom stereocenters. The standard InChI is InChI=1S/C23H21FN4O5S/c1-5-32-22(31)18-12(2)26-23(34-18)28(10-14-6-8-15(24)9-7-14)21(30)16-13(3)33-19-17(16)20(29)27(4)11-25-19/h6-9,11H,5,10H2,1-4H3. The normalized spacial score (nSPS) is 11.1. The molecule has 0 aliphatic carbocycles. The van der Waals surface area contributed by atoms with Gasteiger partial charge in [-0.1, -0.05) is 23.5 Å². The minimum Gasteiger partial charge on any atom is -0.462 e. The van der Waals surface area contributed by atoms with Crippen molar-refractivity contribution in [2.75, 3.05) is 11.5 Å². The molecule has 1 amide bonds. The third-order valence-corrected chi connectivity index (χ3v) is 6.30. The number of ether oxygens (including phenoxy) is 1. The van der Waals surface area contributed by atoms with E-state index in [9.17, 15) is 18.8 Å². The van der Waals surface area contributed by atoms with Crippen molar-refractivity contribution in [2.24, 2.45) is 7.05 Å². The van der Waals surface area contributed by atoms with Gasteiger partial charge in [0.05, 0.1) is 24.4 Å². The van der Waals surface area contributed by atoms with E-state index in [1.54, 1.807) is 32.9 Å². The number of carbonyl (C=O) groups excluding carboxylic acids is 2. The molecule has 0 bridgehead atoms. The van der Waals surface area contributed by atoms with Crippen molar-refractivity contribution in [1.29, 1.82) is 0 Å². The number of anilines is 1. The maximum atomic E-state index is 13.9. The zero-order valence-electron chi connectivity index (χ0n) is 18.9. The predicted molar refractivity (Wildman–Crippen MR) is 124 cm³/mol. The van der Waals surface area contributed by atoms with Gasteiger partial charge in [-0.05, 0) is 38.5 Å². The summed E-state index contributed by atoms with van der Waals surface area (Å²) in [5, 5.41) is 0.278. The van der Waals surface area contributed by atoms with E-state index in [4.69, 9.17) is 9.15 Å². The van der Waals surface area contributed by atoms with Crippen molar-refractivity contribution in [3.63, 3.8) is 0 Å². The van der Waals surface area contributed by atoms with Gasteiger partial charge in [-0.25, -0.2) is 19.2 Å². The Balaban J connectivity index is 1.86. The molecule has 3 heterocycles. The first-order chi connectivity index (χ1) is 16.2. The summed E-state index contributed by atoms with van der Waals surface area (Å²) in [6.45, 7) is 5.12. The second-order valence-electron chi connectivity index (χ2n) is 7.52. The zero-order valence-corrected chi connectivity index (χ0v) is 19.7. The summed E-state index contributed by atoms with van der Waals surface area (Å²) in [4.78, 5) is 49.1. The Morgan fingerprint density at radius 3 is 2.62 bits per heavy atom. The first-order valence-corrected chi connectivity index (χ1v) is 11.2. The fourth-order valence-corrected chi connectivity index (χ4v) is 4.42. The Bertz CT molecular complexity index is 1450. The summed E-state index contributed by atoms with van der Waals surface area (Å²) in [6, 6.07) is 5.66. The lowest BCUT2D eigenvalue weighted by Gasteiger charge is -2.20. The van der Waals surface area contributed by atoms with Gasteiger partial charge in [-0.2, -0.15) is 0 Å². The molecular weight excluding hydrogens is 463 g/mol. The lowest BCUT2D eigenvalue weighted by molar-refractivity contribution is 0.0531. The van der Waals surface area contributed by atoms with Gasteiger partial charge >= 0.3 is 5.97 Å². The third kappa shape index (κ3) is 4.21. The van der Waals surface area contributed by atoms with Crippen LogP contribution < -0.4 is 10.5 Å². The summed E-state index contributed by atoms with van der Waals surface area (Å²) in [5.74, 6) is -1.29. The van der Waals surface area contributed by atoms with E-state index in [1.807, 2.05) is 0 Å². The first kappa shape index (κ1) is 23.3. The number of benzene rings is 1. The van der Waals surface area contributed by atoms with Gasteiger partial charge in [-0.15, -0.1) is 0 Å². The molecule has 0 unspecified atom stereocenters. The van der Waals surface area contributed by atoms with Crippen LogP contribution in [-0.4, -0.2) is 33.0 Å². The minimum absolute atomic E-state index is 0.0149. The third-order valence-electron chi connectivity index (χ3n) is 5.14. The fraction of sp³-hybridized carbons (Fsp3) is 0.261. The molecule has 9 nitrogen and oxygen atoms in total. The number of fused-ring (bicyclic) bond motifs is 1. The van der Waals surface area contributed by atoms with E-state index in [1.165, 1.54) is 35.0 Å². The molecule has 11 heteroatoms. The van der Waals surface area contributed by atoms with Crippen LogP contribution in [0.2, 0.25) is 0 Å². The fourth-order valence-electron chi connectivity index (χ4n) is 3.46. The molecule has 1 aromatic carbocycles. The Morgan fingerprint density at radius 1 is 1.24 bits per heavy atom. The molecule has 0 N–H and O–H groups in total. The monoisotopic (exact) mass is 484 g/mol. The Kier molecular flexibility index (Phi) is 6.29. The number of halogens is 1. The van der Waals surface area contributed by atoms with E-state index >= 15 is 0 Å². The molecule has 0 fully saturated rings. The number of aryl methyl sites for hydroxylation is 3. The largest absolute Gasteiger partial charge is 0.462 e. The van der Waals surface area contributed by atoms with Crippen molar-refractivity contribution in [3.05, 3.63) is 74.2 Å². The molecule has 0 aliphatic heterocycles. The molecule has 0 radical (unpaired) electrons. The number of thiazole rings is 1. The minimum atomic E-state index is -0.560. The van der Waals surface area contributed by atoms with Crippen LogP contribution >= 0.6 is 11.3 Å². The number of hydrogen-bond acceptors (Lipinski definition) is 8. The highest BCUT2D eigenvalue weighted by atomic mass is 32.1. The van der Waals surface area contributed by atoms with Crippen molar-refractivity contribution >= 4 is 39.4 Å². The van der Waals surface area contributed by atoms with Crippen LogP contribution in [0.4, 0.5) is 9.52 Å². The number of rotatable bonds is 6. The van der Waals surface area contributed by atoms with Crippen LogP contribution in [0.3, 0.4) is 0 Å². The van der Waals surface area contributed by atoms with Gasteiger partial charge in [0.15, 0.2) is 5.13 Å². The van der Waals surface area contributed by atoms with Crippen LogP contribution in [0.25, 0.3) is 11.1 Å². The Labute approximate surface area is 197 Å². The molecule has 4 rings (SSSR count). The quantitative estimate of drug-likeness (QED) is 0.384. The maximum absolute atomic E-state index is 13.9. The van der Waals surface area contributed by atoms with Gasteiger partial charge in [0.1, 0.15) is 28.2 Å². The molecule has 176 valence electrons. The number of aromatic nitrogens is 3. The number of carbonyl (C=O) groups is 2. The van der Waals surface area contributed by atoms with Gasteiger partial charge in [-0.3, -0.25) is 14.5 Å². The lowest BCUT2D eigenvalue weighted by Crippen LogP contribution is -2.32. The molecule has 0 saturated heterocycles. The summed E-state index contributed by atoms with van der Waals surface area (Å²) >= 11 is 0.998. The highest BCUT2D eigenvalue weighted by molar-refractivity contribution is 7.17. The molecule has 0 saturated carbocycles. The van der Waals surface area contributed by atoms with Crippen molar-refractivity contribution in [2.45, 2.75) is 27.3 Å². The first-order valence-electron chi connectivity index (χ1n) is 10.4. The lowest BCUT2D eigenvalue weighted by atomic mass is 10.1. The SMILES string of the molecule is CCOC(=O)c1sc(N(Cc2ccc(F)cc2)C(=O)c2c(C)oc3ncn(C)c(=O)c23)nc1C. The summed E-state index contributed by atoms with van der Waals surface area (Å²) in [5.41, 5.74) is 0.692. The molecule has 0 spiro atoms. The van der Waals surface area contributed by atoms with E-state index in [2.05, 4.69) is 9.97 Å². The number of hydrogen-bond donors (Lipinski definition) is 0. The number of furan rings is 1. The van der Waals surface area contributed by atoms with Crippen LogP contribution in [0.5, 0.6) is 0 Å². The van der Waals surface area contributed by atoms with Crippen molar-refractivity contribution < 1.29 is 23.1 Å². The number of amides is 1. The van der Waals surface area contributed by atoms with Gasteiger partial charge in [0, 0.05) is 7.05 Å². The highest BCUT2D eigenvalue weighted by Crippen LogP contribution is 2.31. The van der Waals surface area contributed by atoms with E-state index in [-0.39, 0.29) is 45.6 Å². The summed E-state index contributed by atoms with van der Waals surface area (Å²) < 4.78 is 25.4. The zero-order chi connectivity index (χ0) is 24.6. The van der Waals surface area contributed by atoms with E-state index < -0.39 is 23.3 Å². The molecule has 3 aromatic heterocycles.